The molecule has 2 aromatic carbocycles. The van der Waals surface area contributed by atoms with Crippen LogP contribution in [0, 0.1) is 5.92 Å². The first-order chi connectivity index (χ1) is 9.60. The van der Waals surface area contributed by atoms with Crippen molar-refractivity contribution in [3.63, 3.8) is 0 Å². The molecule has 0 aliphatic heterocycles. The number of hydrogen-bond acceptors (Lipinski definition) is 2. The summed E-state index contributed by atoms with van der Waals surface area (Å²) < 4.78 is 1.07. The van der Waals surface area contributed by atoms with Gasteiger partial charge in [0, 0.05) is 4.47 Å². The molecule has 0 saturated heterocycles. The van der Waals surface area contributed by atoms with Gasteiger partial charge in [-0.05, 0) is 41.2 Å². The van der Waals surface area contributed by atoms with Gasteiger partial charge in [0.1, 0.15) is 0 Å². The lowest BCUT2D eigenvalue weighted by Gasteiger charge is -2.18. The van der Waals surface area contributed by atoms with Crippen LogP contribution in [0.4, 0.5) is 0 Å². The molecule has 2 nitrogen and oxygen atoms in total. The zero-order valence-electron chi connectivity index (χ0n) is 11.9. The second kappa shape index (κ2) is 7.02. The Bertz CT molecular complexity index is 549. The van der Waals surface area contributed by atoms with Crippen molar-refractivity contribution in [2.75, 3.05) is 0 Å². The van der Waals surface area contributed by atoms with Crippen LogP contribution >= 0.6 is 15.9 Å². The third kappa shape index (κ3) is 3.92. The maximum Gasteiger partial charge on any atom is 0.0710 e. The summed E-state index contributed by atoms with van der Waals surface area (Å²) in [6.45, 7) is 4.47. The van der Waals surface area contributed by atoms with Crippen LogP contribution in [0.1, 0.15) is 36.6 Å². The minimum Gasteiger partial charge on any atom is -0.271 e. The van der Waals surface area contributed by atoms with Gasteiger partial charge >= 0.3 is 0 Å². The van der Waals surface area contributed by atoms with Crippen molar-refractivity contribution in [1.82, 2.24) is 5.43 Å². The lowest BCUT2D eigenvalue weighted by molar-refractivity contribution is 0.627. The van der Waals surface area contributed by atoms with Crippen molar-refractivity contribution in [1.29, 1.82) is 0 Å². The maximum absolute atomic E-state index is 5.76. The van der Waals surface area contributed by atoms with Gasteiger partial charge in [0.15, 0.2) is 0 Å². The molecular formula is C17H21BrN2. The van der Waals surface area contributed by atoms with Gasteiger partial charge in [-0.15, -0.1) is 0 Å². The number of nitrogens with one attached hydrogen (secondary N) is 1. The number of hydrazine groups is 1. The summed E-state index contributed by atoms with van der Waals surface area (Å²) in [6, 6.07) is 16.9. The molecule has 1 unspecified atom stereocenters. The molecule has 0 saturated carbocycles. The van der Waals surface area contributed by atoms with Gasteiger partial charge < -0.3 is 0 Å². The SMILES string of the molecule is CC(C)Cc1cccc(C(NN)c2ccc(Br)cc2)c1. The molecule has 2 rings (SSSR count). The minimum atomic E-state index is 0.0233. The van der Waals surface area contributed by atoms with Crippen molar-refractivity contribution in [2.24, 2.45) is 11.8 Å². The van der Waals surface area contributed by atoms with Crippen molar-refractivity contribution >= 4 is 15.9 Å². The number of rotatable bonds is 5. The summed E-state index contributed by atoms with van der Waals surface area (Å²) in [5.41, 5.74) is 6.64. The van der Waals surface area contributed by atoms with E-state index in [0.717, 1.165) is 16.5 Å². The molecule has 20 heavy (non-hydrogen) atoms. The number of hydrogen-bond donors (Lipinski definition) is 2. The predicted molar refractivity (Wildman–Crippen MR) is 88.3 cm³/mol. The molecule has 0 fully saturated rings. The minimum absolute atomic E-state index is 0.0233. The van der Waals surface area contributed by atoms with E-state index in [-0.39, 0.29) is 6.04 Å². The average molecular weight is 333 g/mol. The van der Waals surface area contributed by atoms with Crippen LogP contribution in [-0.2, 0) is 6.42 Å². The lowest BCUT2D eigenvalue weighted by Crippen LogP contribution is -2.28. The molecule has 1 atom stereocenters. The number of nitrogens with two attached hydrogens (primary N) is 1. The van der Waals surface area contributed by atoms with Gasteiger partial charge in [-0.25, -0.2) is 5.43 Å². The highest BCUT2D eigenvalue weighted by atomic mass is 79.9. The predicted octanol–water partition coefficient (Wildman–Crippen LogP) is 4.20. The second-order valence-corrected chi connectivity index (χ2v) is 6.41. The average Bonchev–Trinajstić information content (AvgIpc) is 2.41. The van der Waals surface area contributed by atoms with E-state index in [2.05, 4.69) is 71.6 Å². The van der Waals surface area contributed by atoms with E-state index in [0.29, 0.717) is 5.92 Å². The van der Waals surface area contributed by atoms with E-state index in [9.17, 15) is 0 Å². The van der Waals surface area contributed by atoms with Crippen LogP contribution < -0.4 is 11.3 Å². The molecule has 2 aromatic rings. The molecule has 0 spiro atoms. The van der Waals surface area contributed by atoms with E-state index < -0.39 is 0 Å². The van der Waals surface area contributed by atoms with E-state index in [1.165, 1.54) is 11.1 Å². The summed E-state index contributed by atoms with van der Waals surface area (Å²) in [5.74, 6) is 6.42. The Balaban J connectivity index is 2.29. The smallest absolute Gasteiger partial charge is 0.0710 e. The highest BCUT2D eigenvalue weighted by molar-refractivity contribution is 9.10. The quantitative estimate of drug-likeness (QED) is 0.636. The summed E-state index contributed by atoms with van der Waals surface area (Å²) >= 11 is 3.46. The van der Waals surface area contributed by atoms with Crippen molar-refractivity contribution in [3.05, 3.63) is 69.7 Å². The largest absolute Gasteiger partial charge is 0.271 e. The molecule has 3 N–H and O–H groups in total. The monoisotopic (exact) mass is 332 g/mol. The molecule has 0 bridgehead atoms. The second-order valence-electron chi connectivity index (χ2n) is 5.49. The summed E-state index contributed by atoms with van der Waals surface area (Å²) in [6.07, 6.45) is 1.09. The molecule has 0 amide bonds. The molecule has 0 aromatic heterocycles. The topological polar surface area (TPSA) is 38.0 Å². The van der Waals surface area contributed by atoms with Gasteiger partial charge in [0.2, 0.25) is 0 Å². The standard InChI is InChI=1S/C17H21BrN2/c1-12(2)10-13-4-3-5-15(11-13)17(20-19)14-6-8-16(18)9-7-14/h3-9,11-12,17,20H,10,19H2,1-2H3. The molecule has 0 aliphatic rings. The van der Waals surface area contributed by atoms with Crippen LogP contribution in [0.15, 0.2) is 53.0 Å². The lowest BCUT2D eigenvalue weighted by atomic mass is 9.95. The molecule has 0 heterocycles. The Morgan fingerprint density at radius 3 is 2.35 bits per heavy atom. The first-order valence-corrected chi connectivity index (χ1v) is 7.70. The normalized spacial score (nSPS) is 12.7. The third-order valence-electron chi connectivity index (χ3n) is 3.30. The molecule has 0 radical (unpaired) electrons. The molecule has 3 heteroatoms. The Hall–Kier alpha value is -1.16. The van der Waals surface area contributed by atoms with E-state index >= 15 is 0 Å². The van der Waals surface area contributed by atoms with Crippen LogP contribution in [-0.4, -0.2) is 0 Å². The van der Waals surface area contributed by atoms with Crippen molar-refractivity contribution in [2.45, 2.75) is 26.3 Å². The molecule has 0 aliphatic carbocycles. The summed E-state index contributed by atoms with van der Waals surface area (Å²) in [7, 11) is 0. The third-order valence-corrected chi connectivity index (χ3v) is 3.83. The van der Waals surface area contributed by atoms with Crippen molar-refractivity contribution in [3.8, 4) is 0 Å². The molecular weight excluding hydrogens is 312 g/mol. The zero-order valence-corrected chi connectivity index (χ0v) is 13.5. The van der Waals surface area contributed by atoms with Crippen LogP contribution in [0.25, 0.3) is 0 Å². The van der Waals surface area contributed by atoms with E-state index in [4.69, 9.17) is 5.84 Å². The van der Waals surface area contributed by atoms with Gasteiger partial charge in [0.25, 0.3) is 0 Å². The highest BCUT2D eigenvalue weighted by Crippen LogP contribution is 2.24. The van der Waals surface area contributed by atoms with Gasteiger partial charge in [-0.3, -0.25) is 5.84 Å². The summed E-state index contributed by atoms with van der Waals surface area (Å²) in [5, 5.41) is 0. The Morgan fingerprint density at radius 2 is 1.75 bits per heavy atom. The van der Waals surface area contributed by atoms with Crippen LogP contribution in [0.5, 0.6) is 0 Å². The zero-order chi connectivity index (χ0) is 14.5. The summed E-state index contributed by atoms with van der Waals surface area (Å²) in [4.78, 5) is 0. The molecule has 106 valence electrons. The first-order valence-electron chi connectivity index (χ1n) is 6.90. The maximum atomic E-state index is 5.76. The van der Waals surface area contributed by atoms with Crippen LogP contribution in [0.3, 0.4) is 0 Å². The Labute approximate surface area is 129 Å². The fourth-order valence-electron chi connectivity index (χ4n) is 2.41. The highest BCUT2D eigenvalue weighted by Gasteiger charge is 2.12. The number of benzene rings is 2. The van der Waals surface area contributed by atoms with E-state index in [1.807, 2.05) is 12.1 Å². The Morgan fingerprint density at radius 1 is 1.05 bits per heavy atom. The van der Waals surface area contributed by atoms with E-state index in [1.54, 1.807) is 0 Å². The van der Waals surface area contributed by atoms with Gasteiger partial charge in [-0.2, -0.15) is 0 Å². The number of halogens is 1. The van der Waals surface area contributed by atoms with Crippen molar-refractivity contribution < 1.29 is 0 Å². The fourth-order valence-corrected chi connectivity index (χ4v) is 2.68. The van der Waals surface area contributed by atoms with Gasteiger partial charge in [0.05, 0.1) is 6.04 Å². The fraction of sp³-hybridized carbons (Fsp3) is 0.294. The van der Waals surface area contributed by atoms with Crippen LogP contribution in [0.2, 0.25) is 0 Å². The van der Waals surface area contributed by atoms with Gasteiger partial charge in [-0.1, -0.05) is 66.2 Å². The Kier molecular flexibility index (Phi) is 5.35. The first kappa shape index (κ1) is 15.2.